The molecule has 0 spiro atoms. The number of nitrogens with zero attached hydrogens (tertiary/aromatic N) is 3. The summed E-state index contributed by atoms with van der Waals surface area (Å²) in [6.45, 7) is 2.16. The number of fused-ring (bicyclic) bond motifs is 1. The van der Waals surface area contributed by atoms with Crippen molar-refractivity contribution in [2.75, 3.05) is 26.2 Å². The average molecular weight is 464 g/mol. The molecule has 0 atom stereocenters. The number of carbonyl (C=O) groups excluding carboxylic acids is 2. The normalized spacial score (nSPS) is 16.7. The van der Waals surface area contributed by atoms with Crippen molar-refractivity contribution in [2.45, 2.75) is 23.5 Å². The Hall–Kier alpha value is -3.26. The lowest BCUT2D eigenvalue weighted by molar-refractivity contribution is -0.134. The Balaban J connectivity index is 1.26. The van der Waals surface area contributed by atoms with E-state index in [0.29, 0.717) is 42.8 Å². The minimum atomic E-state index is -3.61. The van der Waals surface area contributed by atoms with Gasteiger partial charge < -0.3 is 9.80 Å². The fourth-order valence-electron chi connectivity index (χ4n) is 4.27. The van der Waals surface area contributed by atoms with Crippen molar-refractivity contribution in [1.29, 1.82) is 0 Å². The van der Waals surface area contributed by atoms with Gasteiger partial charge in [0.15, 0.2) is 9.84 Å². The van der Waals surface area contributed by atoms with Gasteiger partial charge in [-0.2, -0.15) is 0 Å². The van der Waals surface area contributed by atoms with Gasteiger partial charge in [0.25, 0.3) is 5.91 Å². The van der Waals surface area contributed by atoms with Crippen molar-refractivity contribution >= 4 is 32.6 Å². The lowest BCUT2D eigenvalue weighted by Crippen LogP contribution is -2.51. The molecular weight excluding hydrogens is 438 g/mol. The molecule has 5 rings (SSSR count). The number of rotatable bonds is 5. The minimum Gasteiger partial charge on any atom is -0.339 e. The molecule has 1 saturated carbocycles. The van der Waals surface area contributed by atoms with Crippen LogP contribution in [0.15, 0.2) is 65.7 Å². The highest BCUT2D eigenvalue weighted by Crippen LogP contribution is 2.31. The van der Waals surface area contributed by atoms with E-state index in [9.17, 15) is 18.0 Å². The molecule has 2 heterocycles. The summed E-state index contributed by atoms with van der Waals surface area (Å²) in [5.41, 5.74) is 1.59. The Morgan fingerprint density at radius 1 is 0.879 bits per heavy atom. The van der Waals surface area contributed by atoms with Gasteiger partial charge in [-0.05, 0) is 42.7 Å². The number of sulfone groups is 1. The highest BCUT2D eigenvalue weighted by molar-refractivity contribution is 7.90. The van der Waals surface area contributed by atoms with Gasteiger partial charge in [0.1, 0.15) is 0 Å². The number of amides is 2. The number of benzene rings is 2. The second-order valence-electron chi connectivity index (χ2n) is 8.68. The summed E-state index contributed by atoms with van der Waals surface area (Å²) >= 11 is 0. The van der Waals surface area contributed by atoms with E-state index in [1.165, 1.54) is 0 Å². The summed E-state index contributed by atoms with van der Waals surface area (Å²) in [4.78, 5) is 33.2. The molecule has 2 aliphatic rings. The van der Waals surface area contributed by atoms with Crippen LogP contribution in [-0.4, -0.2) is 61.2 Å². The highest BCUT2D eigenvalue weighted by Gasteiger charge is 2.35. The molecule has 2 fully saturated rings. The first-order chi connectivity index (χ1) is 15.9. The van der Waals surface area contributed by atoms with E-state index in [1.807, 2.05) is 17.0 Å². The Kier molecular flexibility index (Phi) is 5.62. The molecular formula is C25H25N3O4S. The Bertz CT molecular complexity index is 1300. The van der Waals surface area contributed by atoms with Crippen LogP contribution in [0.2, 0.25) is 0 Å². The van der Waals surface area contributed by atoms with Crippen LogP contribution in [0.1, 0.15) is 28.8 Å². The van der Waals surface area contributed by atoms with Crippen LogP contribution in [-0.2, 0) is 20.4 Å². The first-order valence-electron chi connectivity index (χ1n) is 11.2. The number of hydrogen-bond donors (Lipinski definition) is 0. The van der Waals surface area contributed by atoms with E-state index >= 15 is 0 Å². The zero-order valence-electron chi connectivity index (χ0n) is 18.2. The third kappa shape index (κ3) is 4.48. The quantitative estimate of drug-likeness (QED) is 0.581. The van der Waals surface area contributed by atoms with Crippen LogP contribution in [0.3, 0.4) is 0 Å². The topological polar surface area (TPSA) is 87.6 Å². The second kappa shape index (κ2) is 8.59. The molecule has 1 aromatic heterocycles. The van der Waals surface area contributed by atoms with Crippen LogP contribution >= 0.6 is 0 Å². The van der Waals surface area contributed by atoms with Crippen molar-refractivity contribution in [3.8, 4) is 0 Å². The van der Waals surface area contributed by atoms with Crippen LogP contribution < -0.4 is 0 Å². The lowest BCUT2D eigenvalue weighted by atomic mass is 10.1. The fourth-order valence-corrected chi connectivity index (χ4v) is 5.81. The molecule has 33 heavy (non-hydrogen) atoms. The zero-order valence-corrected chi connectivity index (χ0v) is 19.0. The summed E-state index contributed by atoms with van der Waals surface area (Å²) in [6.07, 6.45) is 3.55. The number of pyridine rings is 1. The maximum absolute atomic E-state index is 13.1. The van der Waals surface area contributed by atoms with Gasteiger partial charge >= 0.3 is 0 Å². The summed E-state index contributed by atoms with van der Waals surface area (Å²) < 4.78 is 26.1. The van der Waals surface area contributed by atoms with Crippen LogP contribution in [0, 0.1) is 5.92 Å². The third-order valence-electron chi connectivity index (χ3n) is 6.29. The van der Waals surface area contributed by atoms with Gasteiger partial charge in [-0.15, -0.1) is 0 Å². The molecule has 1 aliphatic heterocycles. The number of carbonyl (C=O) groups is 2. The Labute approximate surface area is 192 Å². The van der Waals surface area contributed by atoms with E-state index in [2.05, 4.69) is 4.98 Å². The van der Waals surface area contributed by atoms with Gasteiger partial charge in [0.05, 0.1) is 16.2 Å². The van der Waals surface area contributed by atoms with E-state index < -0.39 is 9.84 Å². The van der Waals surface area contributed by atoms with Gasteiger partial charge in [-0.1, -0.05) is 30.3 Å². The van der Waals surface area contributed by atoms with Crippen LogP contribution in [0.5, 0.6) is 0 Å². The molecule has 7 nitrogen and oxygen atoms in total. The van der Waals surface area contributed by atoms with Crippen molar-refractivity contribution in [2.24, 2.45) is 5.92 Å². The maximum atomic E-state index is 13.1. The second-order valence-corrected chi connectivity index (χ2v) is 10.6. The van der Waals surface area contributed by atoms with Crippen LogP contribution in [0.4, 0.5) is 0 Å². The SMILES string of the molecule is O=C(c1ccc(CS(=O)(=O)c2cccc3cccnc23)cc1)N1CCN(C(=O)C2CC2)CC1. The fraction of sp³-hybridized carbons (Fsp3) is 0.320. The molecule has 2 amide bonds. The first kappa shape index (κ1) is 21.6. The molecule has 0 radical (unpaired) electrons. The largest absolute Gasteiger partial charge is 0.339 e. The number of aromatic nitrogens is 1. The predicted molar refractivity (Wildman–Crippen MR) is 124 cm³/mol. The molecule has 0 bridgehead atoms. The standard InChI is InChI=1S/C25H25N3O4S/c29-24(27-13-15-28(16-14-27)25(30)21-10-11-21)20-8-6-18(7-9-20)17-33(31,32)22-5-1-3-19-4-2-12-26-23(19)22/h1-9,12,21H,10-11,13-17H2. The van der Waals surface area contributed by atoms with E-state index in [4.69, 9.17) is 0 Å². The van der Waals surface area contributed by atoms with Gasteiger partial charge in [0, 0.05) is 49.2 Å². The monoisotopic (exact) mass is 463 g/mol. The summed E-state index contributed by atoms with van der Waals surface area (Å²) in [6, 6.07) is 15.5. The van der Waals surface area contributed by atoms with Crippen molar-refractivity contribution in [3.63, 3.8) is 0 Å². The molecule has 1 saturated heterocycles. The van der Waals surface area contributed by atoms with Gasteiger partial charge in [-0.3, -0.25) is 14.6 Å². The number of piperazine rings is 1. The molecule has 2 aromatic carbocycles. The number of hydrogen-bond acceptors (Lipinski definition) is 5. The number of para-hydroxylation sites is 1. The summed E-state index contributed by atoms with van der Waals surface area (Å²) in [5, 5.41) is 0.776. The molecule has 170 valence electrons. The molecule has 1 aliphatic carbocycles. The maximum Gasteiger partial charge on any atom is 0.253 e. The van der Waals surface area contributed by atoms with Gasteiger partial charge in [0.2, 0.25) is 5.91 Å². The smallest absolute Gasteiger partial charge is 0.253 e. The van der Waals surface area contributed by atoms with E-state index in [0.717, 1.165) is 18.2 Å². The Morgan fingerprint density at radius 2 is 1.55 bits per heavy atom. The summed E-state index contributed by atoms with van der Waals surface area (Å²) in [5.74, 6) is 0.148. The van der Waals surface area contributed by atoms with Crippen molar-refractivity contribution in [3.05, 3.63) is 71.9 Å². The molecule has 0 N–H and O–H groups in total. The van der Waals surface area contributed by atoms with E-state index in [1.54, 1.807) is 53.6 Å². The van der Waals surface area contributed by atoms with Crippen LogP contribution in [0.25, 0.3) is 10.9 Å². The summed E-state index contributed by atoms with van der Waals surface area (Å²) in [7, 11) is -3.61. The minimum absolute atomic E-state index is 0.0961. The average Bonchev–Trinajstić information content (AvgIpc) is 3.69. The Morgan fingerprint density at radius 3 is 2.24 bits per heavy atom. The third-order valence-corrected chi connectivity index (χ3v) is 8.01. The molecule has 8 heteroatoms. The van der Waals surface area contributed by atoms with Crippen molar-refractivity contribution in [1.82, 2.24) is 14.8 Å². The van der Waals surface area contributed by atoms with E-state index in [-0.39, 0.29) is 28.4 Å². The lowest BCUT2D eigenvalue weighted by Gasteiger charge is -2.35. The zero-order chi connectivity index (χ0) is 23.0. The molecule has 3 aromatic rings. The first-order valence-corrected chi connectivity index (χ1v) is 12.8. The predicted octanol–water partition coefficient (Wildman–Crippen LogP) is 2.90. The van der Waals surface area contributed by atoms with Gasteiger partial charge in [-0.25, -0.2) is 8.42 Å². The van der Waals surface area contributed by atoms with Crippen molar-refractivity contribution < 1.29 is 18.0 Å². The molecule has 0 unspecified atom stereocenters. The highest BCUT2D eigenvalue weighted by atomic mass is 32.2.